The van der Waals surface area contributed by atoms with Gasteiger partial charge in [0, 0.05) is 19.0 Å². The molecule has 4 aliphatic heterocycles. The number of hydrogen-bond donors (Lipinski definition) is 0. The Labute approximate surface area is 212 Å². The molecule has 8 nitrogen and oxygen atoms in total. The lowest BCUT2D eigenvalue weighted by Crippen LogP contribution is -2.60. The van der Waals surface area contributed by atoms with Crippen LogP contribution in [-0.2, 0) is 15.1 Å². The molecule has 1 aliphatic carbocycles. The van der Waals surface area contributed by atoms with E-state index in [0.717, 1.165) is 36.6 Å². The number of rotatable bonds is 3. The molecular formula is C28H35N5O3. The van der Waals surface area contributed by atoms with E-state index in [-0.39, 0.29) is 12.1 Å². The monoisotopic (exact) mass is 489 g/mol. The van der Waals surface area contributed by atoms with Crippen molar-refractivity contribution in [1.29, 1.82) is 0 Å². The van der Waals surface area contributed by atoms with Crippen LogP contribution in [0, 0.1) is 18.8 Å². The number of carbonyl (C=O) groups is 1. The molecule has 8 rings (SSSR count). The van der Waals surface area contributed by atoms with Crippen molar-refractivity contribution in [2.45, 2.75) is 57.8 Å². The summed E-state index contributed by atoms with van der Waals surface area (Å²) < 4.78 is 13.7. The third-order valence-electron chi connectivity index (χ3n) is 7.97. The Hall–Kier alpha value is -3.13. The van der Waals surface area contributed by atoms with E-state index in [2.05, 4.69) is 31.0 Å². The Balaban J connectivity index is 0.000000353. The van der Waals surface area contributed by atoms with E-state index < -0.39 is 11.2 Å². The van der Waals surface area contributed by atoms with Gasteiger partial charge in [-0.25, -0.2) is 14.3 Å². The molecule has 6 heterocycles. The van der Waals surface area contributed by atoms with Crippen LogP contribution in [0.5, 0.6) is 0 Å². The second-order valence-corrected chi connectivity index (χ2v) is 11.4. The molecule has 1 aromatic carbocycles. The number of benzene rings is 1. The molecule has 2 aromatic heterocycles. The second kappa shape index (κ2) is 8.47. The van der Waals surface area contributed by atoms with Gasteiger partial charge < -0.3 is 14.4 Å². The lowest BCUT2D eigenvalue weighted by molar-refractivity contribution is -0.0742. The number of aromatic nitrogens is 3. The Morgan fingerprint density at radius 2 is 1.83 bits per heavy atom. The number of amides is 1. The molecule has 8 heteroatoms. The molecule has 5 fully saturated rings. The molecule has 4 unspecified atom stereocenters. The van der Waals surface area contributed by atoms with E-state index in [4.69, 9.17) is 19.6 Å². The molecule has 0 N–H and O–H groups in total. The summed E-state index contributed by atoms with van der Waals surface area (Å²) in [6.45, 7) is 11.7. The van der Waals surface area contributed by atoms with Gasteiger partial charge in [-0.05, 0) is 51.2 Å². The van der Waals surface area contributed by atoms with Crippen LogP contribution in [0.1, 0.15) is 45.0 Å². The maximum absolute atomic E-state index is 12.6. The molecule has 1 amide bonds. The van der Waals surface area contributed by atoms with Crippen molar-refractivity contribution in [1.82, 2.24) is 19.5 Å². The van der Waals surface area contributed by atoms with Crippen LogP contribution in [0.4, 0.5) is 10.5 Å². The predicted molar refractivity (Wildman–Crippen MR) is 137 cm³/mol. The van der Waals surface area contributed by atoms with Crippen molar-refractivity contribution >= 4 is 17.4 Å². The summed E-state index contributed by atoms with van der Waals surface area (Å²) in [5.41, 5.74) is 2.06. The zero-order valence-corrected chi connectivity index (χ0v) is 21.6. The Morgan fingerprint density at radius 1 is 1.11 bits per heavy atom. The van der Waals surface area contributed by atoms with Gasteiger partial charge in [0.05, 0.1) is 31.1 Å². The summed E-state index contributed by atoms with van der Waals surface area (Å²) >= 11 is 0. The zero-order valence-electron chi connectivity index (χ0n) is 21.6. The smallest absolute Gasteiger partial charge is 0.410 e. The highest BCUT2D eigenvalue weighted by molar-refractivity contribution is 5.72. The van der Waals surface area contributed by atoms with Gasteiger partial charge in [0.1, 0.15) is 5.60 Å². The van der Waals surface area contributed by atoms with Crippen LogP contribution < -0.4 is 4.90 Å². The van der Waals surface area contributed by atoms with Crippen molar-refractivity contribution in [3.63, 3.8) is 0 Å². The lowest BCUT2D eigenvalue weighted by Gasteiger charge is -2.46. The van der Waals surface area contributed by atoms with E-state index in [1.165, 1.54) is 12.1 Å². The van der Waals surface area contributed by atoms with E-state index in [0.29, 0.717) is 24.9 Å². The van der Waals surface area contributed by atoms with Gasteiger partial charge in [-0.15, -0.1) is 5.10 Å². The number of aryl methyl sites for hydroxylation is 1. The molecule has 4 saturated heterocycles. The summed E-state index contributed by atoms with van der Waals surface area (Å²) in [6, 6.07) is 14.2. The average Bonchev–Trinajstić information content (AvgIpc) is 3.64. The lowest BCUT2D eigenvalue weighted by atomic mass is 9.68. The largest absolute Gasteiger partial charge is 0.441 e. The van der Waals surface area contributed by atoms with Crippen molar-refractivity contribution in [3.8, 4) is 0 Å². The Bertz CT molecular complexity index is 1240. The fourth-order valence-corrected chi connectivity index (χ4v) is 6.24. The maximum Gasteiger partial charge on any atom is 0.410 e. The van der Waals surface area contributed by atoms with Crippen LogP contribution in [0.2, 0.25) is 0 Å². The molecule has 190 valence electrons. The minimum Gasteiger partial charge on any atom is -0.441 e. The first-order chi connectivity index (χ1) is 17.3. The van der Waals surface area contributed by atoms with Crippen LogP contribution in [0.3, 0.4) is 0 Å². The van der Waals surface area contributed by atoms with E-state index in [1.807, 2.05) is 59.7 Å². The molecular weight excluding hydrogens is 454 g/mol. The molecule has 1 saturated carbocycles. The third kappa shape index (κ3) is 3.82. The summed E-state index contributed by atoms with van der Waals surface area (Å²) in [6.07, 6.45) is 3.91. The highest BCUT2D eigenvalue weighted by Gasteiger charge is 2.68. The summed E-state index contributed by atoms with van der Waals surface area (Å²) in [4.78, 5) is 21.7. The van der Waals surface area contributed by atoms with Crippen molar-refractivity contribution in [2.24, 2.45) is 11.8 Å². The first-order valence-electron chi connectivity index (χ1n) is 13.0. The topological polar surface area (TPSA) is 72.2 Å². The fraction of sp³-hybridized carbons (Fsp3) is 0.536. The first kappa shape index (κ1) is 23.3. The first-order valence-corrected chi connectivity index (χ1v) is 13.0. The maximum atomic E-state index is 12.6. The van der Waals surface area contributed by atoms with Crippen molar-refractivity contribution < 1.29 is 14.3 Å². The molecule has 0 spiro atoms. The number of cyclic esters (lactones) is 1. The number of carbonyl (C=O) groups excluding carboxylic acids is 1. The highest BCUT2D eigenvalue weighted by atomic mass is 16.6. The number of pyridine rings is 1. The minimum absolute atomic E-state index is 0.0524. The quantitative estimate of drug-likeness (QED) is 0.543. The van der Waals surface area contributed by atoms with Gasteiger partial charge in [0.15, 0.2) is 17.1 Å². The predicted octanol–water partition coefficient (Wildman–Crippen LogP) is 4.42. The number of fused-ring (bicyclic) bond motifs is 2. The van der Waals surface area contributed by atoms with Crippen molar-refractivity contribution in [3.05, 3.63) is 60.0 Å². The molecule has 36 heavy (non-hydrogen) atoms. The van der Waals surface area contributed by atoms with Crippen LogP contribution in [-0.4, -0.2) is 63.5 Å². The van der Waals surface area contributed by atoms with Gasteiger partial charge in [-0.1, -0.05) is 43.3 Å². The molecule has 5 aliphatic rings. The van der Waals surface area contributed by atoms with E-state index in [9.17, 15) is 4.79 Å². The number of ether oxygens (including phenoxy) is 2. The van der Waals surface area contributed by atoms with Crippen LogP contribution in [0.25, 0.3) is 5.65 Å². The molecule has 2 bridgehead atoms. The number of anilines is 1. The Kier molecular flexibility index (Phi) is 5.48. The van der Waals surface area contributed by atoms with Gasteiger partial charge in [0.25, 0.3) is 0 Å². The van der Waals surface area contributed by atoms with Crippen LogP contribution in [0.15, 0.2) is 48.7 Å². The minimum atomic E-state index is -0.620. The molecule has 0 radical (unpaired) electrons. The van der Waals surface area contributed by atoms with E-state index >= 15 is 0 Å². The highest BCUT2D eigenvalue weighted by Crippen LogP contribution is 2.57. The summed E-state index contributed by atoms with van der Waals surface area (Å²) in [5, 5.41) is 4.87. The summed E-state index contributed by atoms with van der Waals surface area (Å²) in [5.74, 6) is 1.73. The Morgan fingerprint density at radius 3 is 2.42 bits per heavy atom. The number of hydrogen-bond acceptors (Lipinski definition) is 6. The molecule has 3 aromatic rings. The van der Waals surface area contributed by atoms with Gasteiger partial charge in [-0.2, -0.15) is 0 Å². The third-order valence-corrected chi connectivity index (χ3v) is 7.97. The van der Waals surface area contributed by atoms with Gasteiger partial charge >= 0.3 is 6.09 Å². The van der Waals surface area contributed by atoms with Gasteiger partial charge in [-0.3, -0.25) is 4.90 Å². The average molecular weight is 490 g/mol. The van der Waals surface area contributed by atoms with Gasteiger partial charge in [0.2, 0.25) is 0 Å². The SMILES string of the molecule is Cc1cc(N2CCC(C)C2)cn2nc(C34CC(CO3)C4N3CC(C)(C)OC3=O)nc12.c1ccccc1. The standard InChI is InChI=1S/C22H29N5O3.C6H6/c1-13-5-6-25(9-13)16-7-14(2)18-23-19(24-27(18)10-16)22-8-15(11-29-22)17(22)26-12-21(3,4)30-20(26)28;1-2-4-6-5-3-1/h7,10,13,15,17H,5-6,8-9,11-12H2,1-4H3;1-6H. The molecule has 4 atom stereocenters. The van der Waals surface area contributed by atoms with E-state index in [1.54, 1.807) is 0 Å². The zero-order chi connectivity index (χ0) is 25.1. The summed E-state index contributed by atoms with van der Waals surface area (Å²) in [7, 11) is 0. The second-order valence-electron chi connectivity index (χ2n) is 11.4. The fourth-order valence-electron chi connectivity index (χ4n) is 6.24. The van der Waals surface area contributed by atoms with Crippen LogP contribution >= 0.6 is 0 Å². The van der Waals surface area contributed by atoms with Crippen molar-refractivity contribution in [2.75, 3.05) is 31.1 Å². The number of nitrogens with zero attached hydrogens (tertiary/aromatic N) is 5. The normalized spacial score (nSPS) is 30.2.